The van der Waals surface area contributed by atoms with Crippen molar-refractivity contribution in [3.8, 4) is 6.07 Å². The van der Waals surface area contributed by atoms with Gasteiger partial charge in [0.1, 0.15) is 6.04 Å². The van der Waals surface area contributed by atoms with Crippen LogP contribution >= 0.6 is 0 Å². The van der Waals surface area contributed by atoms with Gasteiger partial charge in [-0.05, 0) is 18.4 Å². The Bertz CT molecular complexity index is 483. The van der Waals surface area contributed by atoms with Crippen LogP contribution < -0.4 is 10.6 Å². The minimum absolute atomic E-state index is 0.00483. The highest BCUT2D eigenvalue weighted by molar-refractivity contribution is 5.78. The highest BCUT2D eigenvalue weighted by Gasteiger charge is 2.23. The van der Waals surface area contributed by atoms with E-state index in [4.69, 9.17) is 5.26 Å². The molecule has 0 saturated carbocycles. The molecular formula is C16H22N4O. The number of piperazine rings is 1. The normalized spacial score (nSPS) is 18.9. The van der Waals surface area contributed by atoms with Crippen molar-refractivity contribution in [1.82, 2.24) is 15.5 Å². The van der Waals surface area contributed by atoms with E-state index in [1.165, 1.54) is 5.56 Å². The first-order chi connectivity index (χ1) is 10.3. The SMILES string of the molecule is N#CC1CNCCN1CC(=O)NCCCc1ccccc1. The van der Waals surface area contributed by atoms with E-state index in [2.05, 4.69) is 28.8 Å². The number of nitrogens with one attached hydrogen (secondary N) is 2. The van der Waals surface area contributed by atoms with Crippen LogP contribution in [0.15, 0.2) is 30.3 Å². The maximum atomic E-state index is 11.9. The van der Waals surface area contributed by atoms with Gasteiger partial charge < -0.3 is 10.6 Å². The molecule has 1 aliphatic heterocycles. The van der Waals surface area contributed by atoms with Crippen molar-refractivity contribution in [2.24, 2.45) is 0 Å². The molecule has 112 valence electrons. The molecule has 2 rings (SSSR count). The summed E-state index contributed by atoms with van der Waals surface area (Å²) in [6, 6.07) is 12.3. The Labute approximate surface area is 125 Å². The van der Waals surface area contributed by atoms with Crippen LogP contribution in [0.25, 0.3) is 0 Å². The zero-order valence-electron chi connectivity index (χ0n) is 12.2. The molecule has 1 saturated heterocycles. The second-order valence-corrected chi connectivity index (χ2v) is 5.26. The molecule has 1 atom stereocenters. The van der Waals surface area contributed by atoms with E-state index in [0.29, 0.717) is 19.6 Å². The van der Waals surface area contributed by atoms with Gasteiger partial charge in [0.05, 0.1) is 12.6 Å². The molecule has 1 aromatic carbocycles. The van der Waals surface area contributed by atoms with Crippen LogP contribution in [0.4, 0.5) is 0 Å². The van der Waals surface area contributed by atoms with Gasteiger partial charge >= 0.3 is 0 Å². The molecule has 1 aliphatic rings. The van der Waals surface area contributed by atoms with Crippen molar-refractivity contribution in [3.63, 3.8) is 0 Å². The van der Waals surface area contributed by atoms with E-state index in [1.807, 2.05) is 23.1 Å². The van der Waals surface area contributed by atoms with Gasteiger partial charge in [0, 0.05) is 26.2 Å². The molecule has 0 radical (unpaired) electrons. The zero-order valence-corrected chi connectivity index (χ0v) is 12.2. The van der Waals surface area contributed by atoms with Crippen molar-refractivity contribution in [1.29, 1.82) is 5.26 Å². The van der Waals surface area contributed by atoms with E-state index in [1.54, 1.807) is 0 Å². The molecule has 2 N–H and O–H groups in total. The summed E-state index contributed by atoms with van der Waals surface area (Å²) >= 11 is 0. The molecule has 0 aromatic heterocycles. The number of carbonyl (C=O) groups excluding carboxylic acids is 1. The monoisotopic (exact) mass is 286 g/mol. The number of benzene rings is 1. The lowest BCUT2D eigenvalue weighted by Crippen LogP contribution is -2.53. The number of nitriles is 1. The summed E-state index contributed by atoms with van der Waals surface area (Å²) in [4.78, 5) is 13.8. The standard InChI is InChI=1S/C16H22N4O/c17-11-15-12-18-9-10-20(15)13-16(21)19-8-4-7-14-5-2-1-3-6-14/h1-3,5-6,15,18H,4,7-10,12-13H2,(H,19,21). The van der Waals surface area contributed by atoms with E-state index in [0.717, 1.165) is 25.9 Å². The zero-order chi connectivity index (χ0) is 14.9. The number of nitrogens with zero attached hydrogens (tertiary/aromatic N) is 2. The number of hydrogen-bond donors (Lipinski definition) is 2. The second-order valence-electron chi connectivity index (χ2n) is 5.26. The summed E-state index contributed by atoms with van der Waals surface area (Å²) in [5.74, 6) is 0.00483. The summed E-state index contributed by atoms with van der Waals surface area (Å²) < 4.78 is 0. The minimum Gasteiger partial charge on any atom is -0.355 e. The van der Waals surface area contributed by atoms with Crippen molar-refractivity contribution in [2.75, 3.05) is 32.7 Å². The van der Waals surface area contributed by atoms with Crippen LogP contribution in [-0.4, -0.2) is 49.6 Å². The predicted molar refractivity (Wildman–Crippen MR) is 81.6 cm³/mol. The minimum atomic E-state index is -0.200. The predicted octanol–water partition coefficient (Wildman–Crippen LogP) is 0.533. The number of carbonyl (C=O) groups is 1. The van der Waals surface area contributed by atoms with Gasteiger partial charge in [-0.3, -0.25) is 9.69 Å². The Balaban J connectivity index is 1.64. The smallest absolute Gasteiger partial charge is 0.234 e. The summed E-state index contributed by atoms with van der Waals surface area (Å²) in [7, 11) is 0. The van der Waals surface area contributed by atoms with E-state index in [-0.39, 0.29) is 11.9 Å². The molecule has 1 heterocycles. The lowest BCUT2D eigenvalue weighted by molar-refractivity contribution is -0.122. The van der Waals surface area contributed by atoms with E-state index in [9.17, 15) is 4.79 Å². The Morgan fingerprint density at radius 1 is 1.43 bits per heavy atom. The van der Waals surface area contributed by atoms with Crippen LogP contribution in [0.5, 0.6) is 0 Å². The van der Waals surface area contributed by atoms with Crippen molar-refractivity contribution >= 4 is 5.91 Å². The van der Waals surface area contributed by atoms with Crippen LogP contribution in [-0.2, 0) is 11.2 Å². The molecule has 5 nitrogen and oxygen atoms in total. The molecule has 1 aromatic rings. The van der Waals surface area contributed by atoms with E-state index >= 15 is 0 Å². The van der Waals surface area contributed by atoms with Gasteiger partial charge in [-0.1, -0.05) is 30.3 Å². The number of aryl methyl sites for hydroxylation is 1. The summed E-state index contributed by atoms with van der Waals surface area (Å²) in [6.07, 6.45) is 1.90. The van der Waals surface area contributed by atoms with Gasteiger partial charge in [0.15, 0.2) is 0 Å². The summed E-state index contributed by atoms with van der Waals surface area (Å²) in [5.41, 5.74) is 1.29. The van der Waals surface area contributed by atoms with Crippen molar-refractivity contribution in [3.05, 3.63) is 35.9 Å². The fourth-order valence-corrected chi connectivity index (χ4v) is 2.47. The number of rotatable bonds is 6. The maximum absolute atomic E-state index is 11.9. The fraction of sp³-hybridized carbons (Fsp3) is 0.500. The van der Waals surface area contributed by atoms with Gasteiger partial charge in [-0.25, -0.2) is 0 Å². The Morgan fingerprint density at radius 2 is 2.24 bits per heavy atom. The Morgan fingerprint density at radius 3 is 3.00 bits per heavy atom. The molecular weight excluding hydrogens is 264 g/mol. The lowest BCUT2D eigenvalue weighted by atomic mass is 10.1. The van der Waals surface area contributed by atoms with Gasteiger partial charge in [-0.15, -0.1) is 0 Å². The van der Waals surface area contributed by atoms with E-state index < -0.39 is 0 Å². The van der Waals surface area contributed by atoms with Gasteiger partial charge in [-0.2, -0.15) is 5.26 Å². The Hall–Kier alpha value is -1.90. The average molecular weight is 286 g/mol. The van der Waals surface area contributed by atoms with Crippen LogP contribution in [0, 0.1) is 11.3 Å². The van der Waals surface area contributed by atoms with Crippen LogP contribution in [0.3, 0.4) is 0 Å². The molecule has 21 heavy (non-hydrogen) atoms. The molecule has 1 fully saturated rings. The topological polar surface area (TPSA) is 68.2 Å². The first-order valence-corrected chi connectivity index (χ1v) is 7.44. The first kappa shape index (κ1) is 15.5. The molecule has 5 heteroatoms. The lowest BCUT2D eigenvalue weighted by Gasteiger charge is -2.31. The Kier molecular flexibility index (Phi) is 6.20. The molecule has 0 aliphatic carbocycles. The van der Waals surface area contributed by atoms with Crippen LogP contribution in [0.2, 0.25) is 0 Å². The quantitative estimate of drug-likeness (QED) is 0.749. The fourth-order valence-electron chi connectivity index (χ4n) is 2.47. The maximum Gasteiger partial charge on any atom is 0.234 e. The molecule has 1 amide bonds. The molecule has 0 spiro atoms. The second kappa shape index (κ2) is 8.40. The molecule has 0 bridgehead atoms. The van der Waals surface area contributed by atoms with Gasteiger partial charge in [0.25, 0.3) is 0 Å². The average Bonchev–Trinajstić information content (AvgIpc) is 2.53. The number of amides is 1. The third-order valence-corrected chi connectivity index (χ3v) is 3.66. The number of hydrogen-bond acceptors (Lipinski definition) is 4. The van der Waals surface area contributed by atoms with Crippen molar-refractivity contribution < 1.29 is 4.79 Å². The summed E-state index contributed by atoms with van der Waals surface area (Å²) in [5, 5.41) is 15.1. The van der Waals surface area contributed by atoms with Gasteiger partial charge in [0.2, 0.25) is 5.91 Å². The van der Waals surface area contributed by atoms with Crippen LogP contribution in [0.1, 0.15) is 12.0 Å². The largest absolute Gasteiger partial charge is 0.355 e. The highest BCUT2D eigenvalue weighted by Crippen LogP contribution is 2.03. The highest BCUT2D eigenvalue weighted by atomic mass is 16.2. The first-order valence-electron chi connectivity index (χ1n) is 7.44. The third-order valence-electron chi connectivity index (χ3n) is 3.66. The molecule has 1 unspecified atom stereocenters. The van der Waals surface area contributed by atoms with Crippen molar-refractivity contribution in [2.45, 2.75) is 18.9 Å². The third kappa shape index (κ3) is 5.18. The summed E-state index contributed by atoms with van der Waals surface area (Å²) in [6.45, 7) is 3.20.